The van der Waals surface area contributed by atoms with Gasteiger partial charge in [-0.25, -0.2) is 9.78 Å². The van der Waals surface area contributed by atoms with Gasteiger partial charge in [-0.15, -0.1) is 0 Å². The molecule has 0 amide bonds. The molecule has 1 aromatic heterocycles. The van der Waals surface area contributed by atoms with Crippen molar-refractivity contribution >= 4 is 34.0 Å². The van der Waals surface area contributed by atoms with E-state index in [1.54, 1.807) is 0 Å². The van der Waals surface area contributed by atoms with E-state index in [9.17, 15) is 4.79 Å². The lowest BCUT2D eigenvalue weighted by Gasteiger charge is -2.19. The number of unbranched alkanes of at least 4 members (excludes halogenated alkanes) is 1. The van der Waals surface area contributed by atoms with E-state index in [0.717, 1.165) is 19.4 Å². The standard InChI is InChI=1S/C11H17ClN2O3S/c1-3-4-5-14(6-7-15)11-13-9(12)8(18-11)10(16)17-2/h15H,3-7H2,1-2H3. The maximum absolute atomic E-state index is 11.4. The van der Waals surface area contributed by atoms with Crippen molar-refractivity contribution in [3.8, 4) is 0 Å². The summed E-state index contributed by atoms with van der Waals surface area (Å²) in [5.41, 5.74) is 0. The number of esters is 1. The Hall–Kier alpha value is -0.850. The molecule has 18 heavy (non-hydrogen) atoms. The van der Waals surface area contributed by atoms with Crippen molar-refractivity contribution in [3.05, 3.63) is 10.0 Å². The van der Waals surface area contributed by atoms with E-state index in [0.29, 0.717) is 16.6 Å². The van der Waals surface area contributed by atoms with Crippen molar-refractivity contribution in [2.75, 3.05) is 31.7 Å². The second kappa shape index (κ2) is 7.56. The number of halogens is 1. The van der Waals surface area contributed by atoms with Crippen molar-refractivity contribution in [1.29, 1.82) is 0 Å². The predicted octanol–water partition coefficient (Wildman–Crippen LogP) is 2.18. The number of aliphatic hydroxyl groups excluding tert-OH is 1. The van der Waals surface area contributed by atoms with Crippen molar-refractivity contribution in [3.63, 3.8) is 0 Å². The minimum absolute atomic E-state index is 0.0362. The van der Waals surface area contributed by atoms with Gasteiger partial charge in [0.25, 0.3) is 0 Å². The Balaban J connectivity index is 2.88. The fourth-order valence-corrected chi connectivity index (χ4v) is 2.67. The van der Waals surface area contributed by atoms with E-state index in [-0.39, 0.29) is 11.8 Å². The summed E-state index contributed by atoms with van der Waals surface area (Å²) >= 11 is 7.09. The van der Waals surface area contributed by atoms with Crippen LogP contribution in [0.4, 0.5) is 5.13 Å². The first-order valence-electron chi connectivity index (χ1n) is 5.74. The molecule has 0 aromatic carbocycles. The van der Waals surface area contributed by atoms with E-state index in [2.05, 4.69) is 16.6 Å². The van der Waals surface area contributed by atoms with Crippen LogP contribution in [0.1, 0.15) is 29.4 Å². The number of nitrogens with zero attached hydrogens (tertiary/aromatic N) is 2. The SMILES string of the molecule is CCCCN(CCO)c1nc(Cl)c(C(=O)OC)s1. The van der Waals surface area contributed by atoms with Gasteiger partial charge in [-0.2, -0.15) is 0 Å². The molecule has 0 saturated carbocycles. The van der Waals surface area contributed by atoms with Gasteiger partial charge in [-0.3, -0.25) is 0 Å². The van der Waals surface area contributed by atoms with Gasteiger partial charge in [-0.1, -0.05) is 36.3 Å². The Morgan fingerprint density at radius 1 is 1.56 bits per heavy atom. The Kier molecular flexibility index (Phi) is 6.38. The van der Waals surface area contributed by atoms with Crippen LogP contribution in [0.5, 0.6) is 0 Å². The number of methoxy groups -OCH3 is 1. The third-order valence-corrected chi connectivity index (χ3v) is 3.85. The average molecular weight is 293 g/mol. The lowest BCUT2D eigenvalue weighted by molar-refractivity contribution is 0.0606. The molecule has 1 rings (SSSR count). The first-order valence-corrected chi connectivity index (χ1v) is 6.93. The van der Waals surface area contributed by atoms with Crippen LogP contribution in [0.25, 0.3) is 0 Å². The molecule has 1 heterocycles. The second-order valence-electron chi connectivity index (χ2n) is 3.67. The summed E-state index contributed by atoms with van der Waals surface area (Å²) < 4.78 is 4.63. The smallest absolute Gasteiger partial charge is 0.351 e. The van der Waals surface area contributed by atoms with Gasteiger partial charge >= 0.3 is 5.97 Å². The molecule has 0 saturated heterocycles. The molecule has 0 aliphatic heterocycles. The fraction of sp³-hybridized carbons (Fsp3) is 0.636. The molecule has 5 nitrogen and oxygen atoms in total. The van der Waals surface area contributed by atoms with Crippen molar-refractivity contribution in [2.24, 2.45) is 0 Å². The number of rotatable bonds is 7. The minimum atomic E-state index is -0.483. The minimum Gasteiger partial charge on any atom is -0.465 e. The maximum atomic E-state index is 11.4. The van der Waals surface area contributed by atoms with Crippen LogP contribution in [0.15, 0.2) is 0 Å². The lowest BCUT2D eigenvalue weighted by atomic mass is 10.3. The number of carbonyl (C=O) groups is 1. The third kappa shape index (κ3) is 3.83. The average Bonchev–Trinajstić information content (AvgIpc) is 2.75. The zero-order valence-corrected chi connectivity index (χ0v) is 12.1. The van der Waals surface area contributed by atoms with Gasteiger partial charge in [0.05, 0.1) is 13.7 Å². The van der Waals surface area contributed by atoms with E-state index in [1.165, 1.54) is 18.4 Å². The van der Waals surface area contributed by atoms with Gasteiger partial charge in [0, 0.05) is 13.1 Å². The van der Waals surface area contributed by atoms with Crippen LogP contribution in [0.3, 0.4) is 0 Å². The number of anilines is 1. The molecule has 0 spiro atoms. The van der Waals surface area contributed by atoms with Gasteiger partial charge in [-0.05, 0) is 6.42 Å². The van der Waals surface area contributed by atoms with Gasteiger partial charge in [0.1, 0.15) is 0 Å². The first kappa shape index (κ1) is 15.2. The lowest BCUT2D eigenvalue weighted by Crippen LogP contribution is -2.27. The maximum Gasteiger partial charge on any atom is 0.351 e. The highest BCUT2D eigenvalue weighted by Crippen LogP contribution is 2.30. The molecule has 0 bridgehead atoms. The van der Waals surface area contributed by atoms with Gasteiger partial charge < -0.3 is 14.7 Å². The summed E-state index contributed by atoms with van der Waals surface area (Å²) in [5.74, 6) is -0.483. The normalized spacial score (nSPS) is 10.4. The van der Waals surface area contributed by atoms with Crippen LogP contribution in [-0.2, 0) is 4.74 Å². The summed E-state index contributed by atoms with van der Waals surface area (Å²) in [6.45, 7) is 3.38. The van der Waals surface area contributed by atoms with E-state index >= 15 is 0 Å². The molecular weight excluding hydrogens is 276 g/mol. The molecule has 0 unspecified atom stereocenters. The molecule has 7 heteroatoms. The summed E-state index contributed by atoms with van der Waals surface area (Å²) in [4.78, 5) is 17.8. The molecule has 0 aliphatic rings. The number of hydrogen-bond donors (Lipinski definition) is 1. The first-order chi connectivity index (χ1) is 8.63. The zero-order chi connectivity index (χ0) is 13.5. The highest BCUT2D eigenvalue weighted by atomic mass is 35.5. The Labute approximate surface area is 115 Å². The Bertz CT molecular complexity index is 398. The Morgan fingerprint density at radius 2 is 2.28 bits per heavy atom. The quantitative estimate of drug-likeness (QED) is 0.781. The number of thiazole rings is 1. The molecular formula is C11H17ClN2O3S. The molecule has 1 aromatic rings. The van der Waals surface area contributed by atoms with Crippen molar-refractivity contribution < 1.29 is 14.6 Å². The Morgan fingerprint density at radius 3 is 2.83 bits per heavy atom. The van der Waals surface area contributed by atoms with Crippen molar-refractivity contribution in [2.45, 2.75) is 19.8 Å². The number of carbonyl (C=O) groups excluding carboxylic acids is 1. The summed E-state index contributed by atoms with van der Waals surface area (Å²) in [6.07, 6.45) is 2.04. The van der Waals surface area contributed by atoms with Gasteiger partial charge in [0.2, 0.25) is 0 Å². The van der Waals surface area contributed by atoms with E-state index < -0.39 is 5.97 Å². The summed E-state index contributed by atoms with van der Waals surface area (Å²) in [5, 5.41) is 9.83. The molecule has 0 radical (unpaired) electrons. The summed E-state index contributed by atoms with van der Waals surface area (Å²) in [7, 11) is 1.31. The molecule has 0 atom stereocenters. The fourth-order valence-electron chi connectivity index (χ4n) is 1.42. The van der Waals surface area contributed by atoms with E-state index in [4.69, 9.17) is 16.7 Å². The molecule has 1 N–H and O–H groups in total. The molecule has 0 aliphatic carbocycles. The highest BCUT2D eigenvalue weighted by Gasteiger charge is 2.20. The number of aromatic nitrogens is 1. The monoisotopic (exact) mass is 292 g/mol. The molecule has 102 valence electrons. The van der Waals surface area contributed by atoms with Crippen LogP contribution in [0, 0.1) is 0 Å². The zero-order valence-electron chi connectivity index (χ0n) is 10.5. The van der Waals surface area contributed by atoms with Crippen LogP contribution >= 0.6 is 22.9 Å². The topological polar surface area (TPSA) is 62.7 Å². The van der Waals surface area contributed by atoms with Gasteiger partial charge in [0.15, 0.2) is 15.2 Å². The highest BCUT2D eigenvalue weighted by molar-refractivity contribution is 7.18. The van der Waals surface area contributed by atoms with Crippen LogP contribution < -0.4 is 4.90 Å². The van der Waals surface area contributed by atoms with Crippen molar-refractivity contribution in [1.82, 2.24) is 4.98 Å². The van der Waals surface area contributed by atoms with Crippen LogP contribution in [-0.4, -0.2) is 42.9 Å². The number of hydrogen-bond acceptors (Lipinski definition) is 6. The van der Waals surface area contributed by atoms with Crippen LogP contribution in [0.2, 0.25) is 5.15 Å². The van der Waals surface area contributed by atoms with E-state index in [1.807, 2.05) is 4.90 Å². The molecule has 0 fully saturated rings. The summed E-state index contributed by atoms with van der Waals surface area (Å²) in [6, 6.07) is 0. The third-order valence-electron chi connectivity index (χ3n) is 2.37. The predicted molar refractivity (Wildman–Crippen MR) is 72.7 cm³/mol. The number of aliphatic hydroxyl groups is 1. The number of ether oxygens (including phenoxy) is 1. The second-order valence-corrected chi connectivity index (χ2v) is 5.01. The largest absolute Gasteiger partial charge is 0.465 e.